The van der Waals surface area contributed by atoms with Gasteiger partial charge >= 0.3 is 0 Å². The summed E-state index contributed by atoms with van der Waals surface area (Å²) in [6.45, 7) is 0.228. The molecule has 1 aromatic carbocycles. The molecule has 0 radical (unpaired) electrons. The Balaban J connectivity index is 1.50. The third-order valence-corrected chi connectivity index (χ3v) is 3.56. The first-order chi connectivity index (χ1) is 10.8. The zero-order valence-electron chi connectivity index (χ0n) is 11.7. The first-order valence-corrected chi connectivity index (χ1v) is 7.11. The summed E-state index contributed by atoms with van der Waals surface area (Å²) >= 11 is 0. The van der Waals surface area contributed by atoms with Crippen LogP contribution in [0.5, 0.6) is 0 Å². The summed E-state index contributed by atoms with van der Waals surface area (Å²) in [6.07, 6.45) is 5.37. The summed E-state index contributed by atoms with van der Waals surface area (Å²) in [5.74, 6) is 1.33. The highest BCUT2D eigenvalue weighted by Crippen LogP contribution is 2.38. The monoisotopic (exact) mass is 295 g/mol. The van der Waals surface area contributed by atoms with Crippen molar-refractivity contribution >= 4 is 16.9 Å². The summed E-state index contributed by atoms with van der Waals surface area (Å²) in [6, 6.07) is 5.32. The third kappa shape index (κ3) is 2.41. The van der Waals surface area contributed by atoms with Crippen molar-refractivity contribution in [2.45, 2.75) is 25.3 Å². The highest BCUT2D eigenvalue weighted by Gasteiger charge is 2.29. The van der Waals surface area contributed by atoms with Crippen molar-refractivity contribution in [1.29, 1.82) is 0 Å². The second-order valence-corrected chi connectivity index (χ2v) is 5.24. The molecule has 110 valence electrons. The van der Waals surface area contributed by atoms with E-state index in [9.17, 15) is 4.79 Å². The molecule has 0 spiro atoms. The molecule has 2 aromatic heterocycles. The topological polar surface area (TPSA) is 93.8 Å². The summed E-state index contributed by atoms with van der Waals surface area (Å²) in [7, 11) is 0. The fraction of sp³-hybridized carbons (Fsp3) is 0.267. The number of carbonyl (C=O) groups is 1. The molecule has 2 heterocycles. The normalized spacial score (nSPS) is 14.2. The van der Waals surface area contributed by atoms with Gasteiger partial charge in [0.1, 0.15) is 5.52 Å². The molecule has 22 heavy (non-hydrogen) atoms. The number of nitrogens with one attached hydrogen (secondary N) is 1. The lowest BCUT2D eigenvalue weighted by molar-refractivity contribution is 0.0951. The summed E-state index contributed by atoms with van der Waals surface area (Å²) in [5, 5.41) is 6.66. The lowest BCUT2D eigenvalue weighted by Gasteiger charge is -2.05. The van der Waals surface area contributed by atoms with Crippen LogP contribution in [0.4, 0.5) is 0 Å². The van der Waals surface area contributed by atoms with Gasteiger partial charge in [0.2, 0.25) is 5.89 Å². The van der Waals surface area contributed by atoms with E-state index in [4.69, 9.17) is 4.52 Å². The largest absolute Gasteiger partial charge is 0.345 e. The Morgan fingerprint density at radius 1 is 1.27 bits per heavy atom. The van der Waals surface area contributed by atoms with Crippen LogP contribution < -0.4 is 5.32 Å². The molecule has 1 aliphatic carbocycles. The second kappa shape index (κ2) is 5.18. The van der Waals surface area contributed by atoms with Crippen molar-refractivity contribution in [3.63, 3.8) is 0 Å². The SMILES string of the molecule is O=C(NCc1noc(C2CC2)n1)c1cccc2nccnc12. The zero-order valence-corrected chi connectivity index (χ0v) is 11.7. The average molecular weight is 295 g/mol. The predicted octanol–water partition coefficient (Wildman–Crippen LogP) is 1.82. The minimum absolute atomic E-state index is 0.228. The predicted molar refractivity (Wildman–Crippen MR) is 77.0 cm³/mol. The van der Waals surface area contributed by atoms with E-state index in [0.717, 1.165) is 12.8 Å². The van der Waals surface area contributed by atoms with E-state index >= 15 is 0 Å². The number of amides is 1. The third-order valence-electron chi connectivity index (χ3n) is 3.56. The minimum Gasteiger partial charge on any atom is -0.345 e. The molecule has 0 bridgehead atoms. The number of nitrogens with zero attached hydrogens (tertiary/aromatic N) is 4. The van der Waals surface area contributed by atoms with Crippen molar-refractivity contribution < 1.29 is 9.32 Å². The number of carbonyl (C=O) groups excluding carboxylic acids is 1. The van der Waals surface area contributed by atoms with Crippen molar-refractivity contribution in [2.24, 2.45) is 0 Å². The van der Waals surface area contributed by atoms with Gasteiger partial charge in [-0.1, -0.05) is 11.2 Å². The molecular formula is C15H13N5O2. The van der Waals surface area contributed by atoms with Gasteiger partial charge < -0.3 is 9.84 Å². The Labute approximate surface area is 125 Å². The number of fused-ring (bicyclic) bond motifs is 1. The van der Waals surface area contributed by atoms with Crippen molar-refractivity contribution in [3.05, 3.63) is 47.9 Å². The molecule has 7 heteroatoms. The first-order valence-electron chi connectivity index (χ1n) is 7.11. The van der Waals surface area contributed by atoms with Gasteiger partial charge in [-0.3, -0.25) is 14.8 Å². The lowest BCUT2D eigenvalue weighted by atomic mass is 10.1. The quantitative estimate of drug-likeness (QED) is 0.789. The standard InChI is InChI=1S/C15H13N5O2/c21-14(10-2-1-3-11-13(10)17-7-6-16-11)18-8-12-19-15(22-20-12)9-4-5-9/h1-3,6-7,9H,4-5,8H2,(H,18,21). The molecule has 0 atom stereocenters. The lowest BCUT2D eigenvalue weighted by Crippen LogP contribution is -2.23. The molecular weight excluding hydrogens is 282 g/mol. The van der Waals surface area contributed by atoms with Gasteiger partial charge in [0.15, 0.2) is 5.82 Å². The van der Waals surface area contributed by atoms with Crippen LogP contribution >= 0.6 is 0 Å². The number of benzene rings is 1. The molecule has 4 rings (SSSR count). The Morgan fingerprint density at radius 3 is 3.00 bits per heavy atom. The maximum atomic E-state index is 12.3. The van der Waals surface area contributed by atoms with Crippen LogP contribution in [-0.2, 0) is 6.54 Å². The van der Waals surface area contributed by atoms with E-state index in [1.54, 1.807) is 24.5 Å². The number of hydrogen-bond acceptors (Lipinski definition) is 6. The number of para-hydroxylation sites is 1. The van der Waals surface area contributed by atoms with Crippen molar-refractivity contribution in [3.8, 4) is 0 Å². The van der Waals surface area contributed by atoms with E-state index in [0.29, 0.717) is 34.2 Å². The smallest absolute Gasteiger partial charge is 0.253 e. The molecule has 3 aromatic rings. The highest BCUT2D eigenvalue weighted by atomic mass is 16.5. The van der Waals surface area contributed by atoms with Crippen LogP contribution in [0.25, 0.3) is 11.0 Å². The molecule has 0 aliphatic heterocycles. The van der Waals surface area contributed by atoms with Crippen molar-refractivity contribution in [1.82, 2.24) is 25.4 Å². The molecule has 0 saturated heterocycles. The van der Waals surface area contributed by atoms with Crippen LogP contribution in [-0.4, -0.2) is 26.0 Å². The summed E-state index contributed by atoms with van der Waals surface area (Å²) in [4.78, 5) is 25.0. The fourth-order valence-corrected chi connectivity index (χ4v) is 2.27. The van der Waals surface area contributed by atoms with Gasteiger partial charge in [-0.05, 0) is 25.0 Å². The Bertz CT molecular complexity index is 835. The number of hydrogen-bond donors (Lipinski definition) is 1. The summed E-state index contributed by atoms with van der Waals surface area (Å²) < 4.78 is 5.16. The van der Waals surface area contributed by atoms with E-state index in [1.165, 1.54) is 0 Å². The van der Waals surface area contributed by atoms with Gasteiger partial charge in [0, 0.05) is 18.3 Å². The van der Waals surface area contributed by atoms with Crippen LogP contribution in [0.2, 0.25) is 0 Å². The van der Waals surface area contributed by atoms with Gasteiger partial charge in [-0.2, -0.15) is 4.98 Å². The number of rotatable bonds is 4. The average Bonchev–Trinajstić information content (AvgIpc) is 3.31. The van der Waals surface area contributed by atoms with E-state index in [2.05, 4.69) is 25.4 Å². The number of aromatic nitrogens is 4. The van der Waals surface area contributed by atoms with Crippen molar-refractivity contribution in [2.75, 3.05) is 0 Å². The van der Waals surface area contributed by atoms with E-state index in [-0.39, 0.29) is 12.5 Å². The molecule has 0 unspecified atom stereocenters. The Morgan fingerprint density at radius 2 is 2.14 bits per heavy atom. The highest BCUT2D eigenvalue weighted by molar-refractivity contribution is 6.04. The zero-order chi connectivity index (χ0) is 14.9. The Kier molecular flexibility index (Phi) is 3.03. The Hall–Kier alpha value is -2.83. The first kappa shape index (κ1) is 12.9. The maximum Gasteiger partial charge on any atom is 0.253 e. The van der Waals surface area contributed by atoms with Gasteiger partial charge in [-0.15, -0.1) is 0 Å². The molecule has 1 saturated carbocycles. The van der Waals surface area contributed by atoms with Crippen LogP contribution in [0.3, 0.4) is 0 Å². The molecule has 1 aliphatic rings. The van der Waals surface area contributed by atoms with E-state index < -0.39 is 0 Å². The van der Waals surface area contributed by atoms with Crippen LogP contribution in [0, 0.1) is 0 Å². The molecule has 1 fully saturated rings. The fourth-order valence-electron chi connectivity index (χ4n) is 2.27. The summed E-state index contributed by atoms with van der Waals surface area (Å²) in [5.41, 5.74) is 1.75. The maximum absolute atomic E-state index is 12.3. The van der Waals surface area contributed by atoms with E-state index in [1.807, 2.05) is 6.07 Å². The minimum atomic E-state index is -0.233. The van der Waals surface area contributed by atoms with Gasteiger partial charge in [0.05, 0.1) is 17.6 Å². The molecule has 1 amide bonds. The second-order valence-electron chi connectivity index (χ2n) is 5.24. The molecule has 7 nitrogen and oxygen atoms in total. The molecule has 1 N–H and O–H groups in total. The van der Waals surface area contributed by atoms with Crippen LogP contribution in [0.15, 0.2) is 35.1 Å². The van der Waals surface area contributed by atoms with Crippen LogP contribution in [0.1, 0.15) is 40.8 Å². The van der Waals surface area contributed by atoms with Gasteiger partial charge in [0.25, 0.3) is 5.91 Å². The van der Waals surface area contributed by atoms with Gasteiger partial charge in [-0.25, -0.2) is 0 Å².